The van der Waals surface area contributed by atoms with E-state index in [1.165, 1.54) is 0 Å². The summed E-state index contributed by atoms with van der Waals surface area (Å²) in [6, 6.07) is 9.28. The molecule has 0 radical (unpaired) electrons. The molecule has 1 aromatic carbocycles. The molecule has 0 aromatic heterocycles. The smallest absolute Gasteiger partial charge is 0.235 e. The maximum atomic E-state index is 10.6. The minimum absolute atomic E-state index is 0.407. The van der Waals surface area contributed by atoms with Crippen molar-refractivity contribution in [2.75, 3.05) is 6.54 Å². The summed E-state index contributed by atoms with van der Waals surface area (Å²) in [4.78, 5) is 10.6. The third-order valence-electron chi connectivity index (χ3n) is 1.90. The number of benzene rings is 1. The van der Waals surface area contributed by atoms with E-state index in [1.54, 1.807) is 0 Å². The molecule has 1 unspecified atom stereocenters. The Hall–Kier alpha value is -1.39. The first-order valence-electron chi connectivity index (χ1n) is 4.49. The van der Waals surface area contributed by atoms with E-state index in [0.717, 1.165) is 5.56 Å². The summed E-state index contributed by atoms with van der Waals surface area (Å²) < 4.78 is 0. The first-order valence-corrected chi connectivity index (χ1v) is 4.49. The van der Waals surface area contributed by atoms with Crippen LogP contribution >= 0.6 is 0 Å². The van der Waals surface area contributed by atoms with Crippen LogP contribution in [0.3, 0.4) is 0 Å². The molecule has 0 aliphatic rings. The summed E-state index contributed by atoms with van der Waals surface area (Å²) in [6.07, 6.45) is 0. The average molecular weight is 193 g/mol. The molecule has 0 spiro atoms. The summed E-state index contributed by atoms with van der Waals surface area (Å²) >= 11 is 0. The standard InChI is InChI=1S/C10H15N3O/c11-9(10(12)14)7-13-6-8-4-2-1-3-5-8/h1-5,9,13H,6-7,11H2,(H2,12,14). The van der Waals surface area contributed by atoms with Gasteiger partial charge < -0.3 is 16.8 Å². The second-order valence-corrected chi connectivity index (χ2v) is 3.13. The molecule has 1 atom stereocenters. The van der Waals surface area contributed by atoms with Crippen molar-refractivity contribution in [3.05, 3.63) is 35.9 Å². The molecule has 1 amide bonds. The van der Waals surface area contributed by atoms with Gasteiger partial charge in [-0.05, 0) is 5.56 Å². The zero-order valence-electron chi connectivity index (χ0n) is 7.94. The van der Waals surface area contributed by atoms with Crippen molar-refractivity contribution in [2.45, 2.75) is 12.6 Å². The molecule has 0 heterocycles. The highest BCUT2D eigenvalue weighted by molar-refractivity contribution is 5.79. The molecule has 0 aliphatic heterocycles. The maximum absolute atomic E-state index is 10.6. The molecule has 4 heteroatoms. The molecule has 0 aliphatic carbocycles. The summed E-state index contributed by atoms with van der Waals surface area (Å²) in [5, 5.41) is 3.06. The normalized spacial score (nSPS) is 12.4. The third kappa shape index (κ3) is 3.55. The van der Waals surface area contributed by atoms with E-state index < -0.39 is 11.9 Å². The topological polar surface area (TPSA) is 81.1 Å². The summed E-state index contributed by atoms with van der Waals surface area (Å²) in [5.41, 5.74) is 11.6. The van der Waals surface area contributed by atoms with Crippen LogP contribution in [0.1, 0.15) is 5.56 Å². The van der Waals surface area contributed by atoms with Crippen LogP contribution in [-0.4, -0.2) is 18.5 Å². The molecule has 1 aromatic rings. The van der Waals surface area contributed by atoms with Crippen molar-refractivity contribution in [3.63, 3.8) is 0 Å². The summed E-state index contributed by atoms with van der Waals surface area (Å²) in [6.45, 7) is 1.10. The van der Waals surface area contributed by atoms with Gasteiger partial charge in [-0.3, -0.25) is 4.79 Å². The number of hydrogen-bond donors (Lipinski definition) is 3. The van der Waals surface area contributed by atoms with Crippen LogP contribution in [0.15, 0.2) is 30.3 Å². The van der Waals surface area contributed by atoms with Crippen LogP contribution in [0.2, 0.25) is 0 Å². The number of amides is 1. The van der Waals surface area contributed by atoms with Gasteiger partial charge in [0, 0.05) is 13.1 Å². The van der Waals surface area contributed by atoms with Crippen LogP contribution in [0.4, 0.5) is 0 Å². The molecule has 5 N–H and O–H groups in total. The van der Waals surface area contributed by atoms with Gasteiger partial charge >= 0.3 is 0 Å². The fourth-order valence-electron chi connectivity index (χ4n) is 1.07. The quantitative estimate of drug-likeness (QED) is 0.594. The Balaban J connectivity index is 2.26. The van der Waals surface area contributed by atoms with Crippen LogP contribution in [0, 0.1) is 0 Å². The molecule has 0 saturated heterocycles. The van der Waals surface area contributed by atoms with Gasteiger partial charge in [0.1, 0.15) is 0 Å². The lowest BCUT2D eigenvalue weighted by molar-refractivity contribution is -0.119. The van der Waals surface area contributed by atoms with Crippen molar-refractivity contribution in [1.29, 1.82) is 0 Å². The largest absolute Gasteiger partial charge is 0.368 e. The van der Waals surface area contributed by atoms with Gasteiger partial charge in [-0.2, -0.15) is 0 Å². The second kappa shape index (κ2) is 5.36. The third-order valence-corrected chi connectivity index (χ3v) is 1.90. The van der Waals surface area contributed by atoms with E-state index in [1.807, 2.05) is 30.3 Å². The highest BCUT2D eigenvalue weighted by Crippen LogP contribution is 1.96. The van der Waals surface area contributed by atoms with Gasteiger partial charge in [0.25, 0.3) is 0 Å². The van der Waals surface area contributed by atoms with Crippen molar-refractivity contribution in [3.8, 4) is 0 Å². The molecule has 1 rings (SSSR count). The Morgan fingerprint density at radius 2 is 2.00 bits per heavy atom. The number of primary amides is 1. The number of rotatable bonds is 5. The lowest BCUT2D eigenvalue weighted by Gasteiger charge is -2.08. The Morgan fingerprint density at radius 3 is 2.57 bits per heavy atom. The number of nitrogens with one attached hydrogen (secondary N) is 1. The van der Waals surface area contributed by atoms with Crippen LogP contribution in [0.5, 0.6) is 0 Å². The van der Waals surface area contributed by atoms with Gasteiger partial charge in [-0.1, -0.05) is 30.3 Å². The van der Waals surface area contributed by atoms with E-state index >= 15 is 0 Å². The minimum Gasteiger partial charge on any atom is -0.368 e. The lowest BCUT2D eigenvalue weighted by Crippen LogP contribution is -2.44. The van der Waals surface area contributed by atoms with Crippen molar-refractivity contribution in [1.82, 2.24) is 5.32 Å². The molecule has 14 heavy (non-hydrogen) atoms. The number of hydrogen-bond acceptors (Lipinski definition) is 3. The summed E-state index contributed by atoms with van der Waals surface area (Å²) in [7, 11) is 0. The molecule has 0 fully saturated rings. The first kappa shape index (κ1) is 10.7. The fourth-order valence-corrected chi connectivity index (χ4v) is 1.07. The second-order valence-electron chi connectivity index (χ2n) is 3.13. The maximum Gasteiger partial charge on any atom is 0.235 e. The van der Waals surface area contributed by atoms with Crippen molar-refractivity contribution in [2.24, 2.45) is 11.5 Å². The van der Waals surface area contributed by atoms with Gasteiger partial charge in [-0.25, -0.2) is 0 Å². The minimum atomic E-state index is -0.612. The van der Waals surface area contributed by atoms with E-state index in [-0.39, 0.29) is 0 Å². The predicted molar refractivity (Wildman–Crippen MR) is 55.3 cm³/mol. The molecule has 76 valence electrons. The van der Waals surface area contributed by atoms with Gasteiger partial charge in [0.2, 0.25) is 5.91 Å². The zero-order valence-corrected chi connectivity index (χ0v) is 7.94. The fraction of sp³-hybridized carbons (Fsp3) is 0.300. The predicted octanol–water partition coefficient (Wildman–Crippen LogP) is -0.411. The first-order chi connectivity index (χ1) is 6.70. The van der Waals surface area contributed by atoms with Crippen LogP contribution in [0.25, 0.3) is 0 Å². The molecule has 4 nitrogen and oxygen atoms in total. The molecule has 0 saturated carbocycles. The van der Waals surface area contributed by atoms with Gasteiger partial charge in [-0.15, -0.1) is 0 Å². The molecular weight excluding hydrogens is 178 g/mol. The van der Waals surface area contributed by atoms with E-state index in [4.69, 9.17) is 11.5 Å². The Bertz CT molecular complexity index is 287. The van der Waals surface area contributed by atoms with Crippen molar-refractivity contribution < 1.29 is 4.79 Å². The Labute approximate surface area is 83.3 Å². The monoisotopic (exact) mass is 193 g/mol. The number of nitrogens with two attached hydrogens (primary N) is 2. The Kier molecular flexibility index (Phi) is 4.10. The summed E-state index contributed by atoms with van der Waals surface area (Å²) in [5.74, 6) is -0.481. The lowest BCUT2D eigenvalue weighted by atomic mass is 10.2. The Morgan fingerprint density at radius 1 is 1.36 bits per heavy atom. The number of carbonyl (C=O) groups is 1. The van der Waals surface area contributed by atoms with E-state index in [0.29, 0.717) is 13.1 Å². The highest BCUT2D eigenvalue weighted by Gasteiger charge is 2.07. The van der Waals surface area contributed by atoms with Gasteiger partial charge in [0.15, 0.2) is 0 Å². The zero-order chi connectivity index (χ0) is 10.4. The van der Waals surface area contributed by atoms with Crippen LogP contribution in [-0.2, 0) is 11.3 Å². The average Bonchev–Trinajstić information content (AvgIpc) is 2.19. The van der Waals surface area contributed by atoms with Crippen LogP contribution < -0.4 is 16.8 Å². The van der Waals surface area contributed by atoms with Gasteiger partial charge in [0.05, 0.1) is 6.04 Å². The van der Waals surface area contributed by atoms with E-state index in [9.17, 15) is 4.79 Å². The van der Waals surface area contributed by atoms with Crippen molar-refractivity contribution >= 4 is 5.91 Å². The number of carbonyl (C=O) groups excluding carboxylic acids is 1. The van der Waals surface area contributed by atoms with E-state index in [2.05, 4.69) is 5.32 Å². The highest BCUT2D eigenvalue weighted by atomic mass is 16.1. The molecule has 0 bridgehead atoms. The molecular formula is C10H15N3O. The SMILES string of the molecule is NC(=O)C(N)CNCc1ccccc1.